The van der Waals surface area contributed by atoms with Gasteiger partial charge in [-0.1, -0.05) is 50.2 Å². The van der Waals surface area contributed by atoms with Gasteiger partial charge in [-0.3, -0.25) is 0 Å². The van der Waals surface area contributed by atoms with Crippen LogP contribution in [0.2, 0.25) is 0 Å². The summed E-state index contributed by atoms with van der Waals surface area (Å²) < 4.78 is 6.15. The van der Waals surface area contributed by atoms with Crippen molar-refractivity contribution in [2.45, 2.75) is 42.8 Å². The Balaban J connectivity index is 1.65. The van der Waals surface area contributed by atoms with Crippen molar-refractivity contribution in [2.75, 3.05) is 6.61 Å². The molecule has 1 heterocycles. The topological polar surface area (TPSA) is 9.23 Å². The number of ether oxygens (including phenoxy) is 1. The molecular weight excluding hydrogens is 276 g/mol. The molecule has 21 heavy (non-hydrogen) atoms. The first-order valence-electron chi connectivity index (χ1n) is 7.74. The van der Waals surface area contributed by atoms with Crippen LogP contribution in [0.1, 0.15) is 37.3 Å². The van der Waals surface area contributed by atoms with Gasteiger partial charge in [-0.2, -0.15) is 0 Å². The maximum Gasteiger partial charge on any atom is 0.122 e. The Bertz CT molecular complexity index is 583. The van der Waals surface area contributed by atoms with Crippen LogP contribution >= 0.6 is 11.8 Å². The Morgan fingerprint density at radius 2 is 1.90 bits per heavy atom. The number of hydrogen-bond donors (Lipinski definition) is 0. The van der Waals surface area contributed by atoms with Crippen molar-refractivity contribution in [3.8, 4) is 5.75 Å². The van der Waals surface area contributed by atoms with E-state index in [1.165, 1.54) is 16.0 Å². The van der Waals surface area contributed by atoms with Gasteiger partial charge in [0.25, 0.3) is 0 Å². The monoisotopic (exact) mass is 298 g/mol. The van der Waals surface area contributed by atoms with Crippen LogP contribution in [0.25, 0.3) is 0 Å². The highest BCUT2D eigenvalue weighted by Crippen LogP contribution is 2.37. The van der Waals surface area contributed by atoms with E-state index in [-0.39, 0.29) is 0 Å². The molecule has 1 aliphatic heterocycles. The maximum absolute atomic E-state index is 6.15. The number of rotatable bonds is 5. The van der Waals surface area contributed by atoms with Gasteiger partial charge in [0.1, 0.15) is 12.4 Å². The summed E-state index contributed by atoms with van der Waals surface area (Å²) in [6.45, 7) is 5.28. The van der Waals surface area contributed by atoms with Crippen molar-refractivity contribution in [3.05, 3.63) is 59.7 Å². The van der Waals surface area contributed by atoms with Gasteiger partial charge >= 0.3 is 0 Å². The number of thioether (sulfide) groups is 1. The molecule has 0 saturated carbocycles. The van der Waals surface area contributed by atoms with Gasteiger partial charge in [0.15, 0.2) is 0 Å². The van der Waals surface area contributed by atoms with Crippen LogP contribution in [0.4, 0.5) is 0 Å². The fourth-order valence-corrected chi connectivity index (χ4v) is 3.99. The molecule has 0 spiro atoms. The average Bonchev–Trinajstić information content (AvgIpc) is 2.95. The lowest BCUT2D eigenvalue weighted by molar-refractivity contribution is 0.312. The van der Waals surface area contributed by atoms with Crippen molar-refractivity contribution in [2.24, 2.45) is 0 Å². The molecule has 0 amide bonds. The molecule has 0 N–H and O–H groups in total. The zero-order valence-electron chi connectivity index (χ0n) is 12.7. The van der Waals surface area contributed by atoms with E-state index < -0.39 is 0 Å². The van der Waals surface area contributed by atoms with Gasteiger partial charge in [0, 0.05) is 10.1 Å². The van der Waals surface area contributed by atoms with Gasteiger partial charge in [-0.05, 0) is 42.0 Å². The second-order valence-corrected chi connectivity index (χ2v) is 7.05. The third kappa shape index (κ3) is 3.26. The summed E-state index contributed by atoms with van der Waals surface area (Å²) in [7, 11) is 0. The highest BCUT2D eigenvalue weighted by Gasteiger charge is 2.22. The molecule has 0 fully saturated rings. The van der Waals surface area contributed by atoms with E-state index in [4.69, 9.17) is 4.74 Å². The van der Waals surface area contributed by atoms with Crippen LogP contribution < -0.4 is 4.74 Å². The third-order valence-corrected chi connectivity index (χ3v) is 5.49. The molecule has 0 aliphatic carbocycles. The average molecular weight is 298 g/mol. The van der Waals surface area contributed by atoms with Crippen LogP contribution in [0.3, 0.4) is 0 Å². The molecule has 3 rings (SSSR count). The molecule has 1 nitrogen and oxygen atoms in total. The summed E-state index contributed by atoms with van der Waals surface area (Å²) in [5, 5.41) is 0.535. The standard InChI is InChI=1S/C19H22OS/c1-3-14(2)17-9-5-6-10-18(17)20-13-16-12-15-8-4-7-11-19(15)21-16/h4-11,14,16H,3,12-13H2,1-2H3. The van der Waals surface area contributed by atoms with Crippen LogP contribution in [-0.4, -0.2) is 11.9 Å². The van der Waals surface area contributed by atoms with Gasteiger partial charge in [-0.25, -0.2) is 0 Å². The molecule has 0 saturated heterocycles. The second kappa shape index (κ2) is 6.57. The van der Waals surface area contributed by atoms with Gasteiger partial charge < -0.3 is 4.74 Å². The molecule has 0 radical (unpaired) electrons. The van der Waals surface area contributed by atoms with Gasteiger partial charge in [0.2, 0.25) is 0 Å². The zero-order valence-corrected chi connectivity index (χ0v) is 13.5. The molecule has 2 heteroatoms. The minimum absolute atomic E-state index is 0.535. The molecular formula is C19H22OS. The highest BCUT2D eigenvalue weighted by atomic mass is 32.2. The SMILES string of the molecule is CCC(C)c1ccccc1OCC1Cc2ccccc2S1. The number of para-hydroxylation sites is 1. The Kier molecular flexibility index (Phi) is 4.54. The van der Waals surface area contributed by atoms with Gasteiger partial charge in [0.05, 0.1) is 0 Å². The van der Waals surface area contributed by atoms with Crippen molar-refractivity contribution >= 4 is 11.8 Å². The Morgan fingerprint density at radius 3 is 2.71 bits per heavy atom. The predicted octanol–water partition coefficient (Wildman–Crippen LogP) is 5.30. The van der Waals surface area contributed by atoms with E-state index in [0.717, 1.165) is 25.2 Å². The van der Waals surface area contributed by atoms with E-state index in [0.29, 0.717) is 11.2 Å². The van der Waals surface area contributed by atoms with E-state index in [2.05, 4.69) is 62.4 Å². The quantitative estimate of drug-likeness (QED) is 0.741. The summed E-state index contributed by atoms with van der Waals surface area (Å²) >= 11 is 1.95. The lowest BCUT2D eigenvalue weighted by atomic mass is 9.98. The van der Waals surface area contributed by atoms with E-state index in [1.54, 1.807) is 0 Å². The van der Waals surface area contributed by atoms with Gasteiger partial charge in [-0.15, -0.1) is 11.8 Å². The molecule has 0 bridgehead atoms. The summed E-state index contributed by atoms with van der Waals surface area (Å²) in [5.41, 5.74) is 2.80. The Hall–Kier alpha value is -1.41. The summed E-state index contributed by atoms with van der Waals surface area (Å²) in [5.74, 6) is 1.61. The minimum atomic E-state index is 0.535. The smallest absolute Gasteiger partial charge is 0.122 e. The lowest BCUT2D eigenvalue weighted by Crippen LogP contribution is -2.14. The minimum Gasteiger partial charge on any atom is -0.492 e. The molecule has 2 aromatic carbocycles. The molecule has 1 aliphatic rings. The fraction of sp³-hybridized carbons (Fsp3) is 0.368. The van der Waals surface area contributed by atoms with Crippen LogP contribution in [0.15, 0.2) is 53.4 Å². The van der Waals surface area contributed by atoms with Crippen molar-refractivity contribution in [3.63, 3.8) is 0 Å². The van der Waals surface area contributed by atoms with Crippen molar-refractivity contribution in [1.29, 1.82) is 0 Å². The second-order valence-electron chi connectivity index (χ2n) is 5.71. The number of fused-ring (bicyclic) bond motifs is 1. The van der Waals surface area contributed by atoms with E-state index >= 15 is 0 Å². The first kappa shape index (κ1) is 14.5. The molecule has 2 aromatic rings. The number of benzene rings is 2. The van der Waals surface area contributed by atoms with Crippen LogP contribution in [0.5, 0.6) is 5.75 Å². The summed E-state index contributed by atoms with van der Waals surface area (Å²) in [4.78, 5) is 1.42. The molecule has 0 aromatic heterocycles. The Morgan fingerprint density at radius 1 is 1.14 bits per heavy atom. The molecule has 2 unspecified atom stereocenters. The largest absolute Gasteiger partial charge is 0.492 e. The van der Waals surface area contributed by atoms with E-state index in [9.17, 15) is 0 Å². The fourth-order valence-electron chi connectivity index (χ4n) is 2.77. The van der Waals surface area contributed by atoms with Crippen molar-refractivity contribution < 1.29 is 4.74 Å². The van der Waals surface area contributed by atoms with Crippen LogP contribution in [0, 0.1) is 0 Å². The maximum atomic E-state index is 6.15. The summed E-state index contributed by atoms with van der Waals surface area (Å²) in [6, 6.07) is 17.2. The predicted molar refractivity (Wildman–Crippen MR) is 90.4 cm³/mol. The first-order valence-corrected chi connectivity index (χ1v) is 8.62. The third-order valence-electron chi connectivity index (χ3n) is 4.20. The normalized spacial score (nSPS) is 18.3. The Labute approximate surface area is 131 Å². The summed E-state index contributed by atoms with van der Waals surface area (Å²) in [6.07, 6.45) is 2.26. The first-order chi connectivity index (χ1) is 10.3. The zero-order chi connectivity index (χ0) is 14.7. The van der Waals surface area contributed by atoms with Crippen LogP contribution in [-0.2, 0) is 6.42 Å². The molecule has 110 valence electrons. The lowest BCUT2D eigenvalue weighted by Gasteiger charge is -2.17. The highest BCUT2D eigenvalue weighted by molar-refractivity contribution is 8.00. The number of hydrogen-bond acceptors (Lipinski definition) is 2. The molecule has 2 atom stereocenters. The van der Waals surface area contributed by atoms with Crippen molar-refractivity contribution in [1.82, 2.24) is 0 Å². The van der Waals surface area contributed by atoms with E-state index in [1.807, 2.05) is 11.8 Å².